The fraction of sp³-hybridized carbons (Fsp3) is 0.517. The first-order valence-corrected chi connectivity index (χ1v) is 14.0. The second kappa shape index (κ2) is 15.5. The molecule has 0 unspecified atom stereocenters. The van der Waals surface area contributed by atoms with E-state index >= 15 is 0 Å². The fourth-order valence-electron chi connectivity index (χ4n) is 4.51. The molecule has 0 saturated carbocycles. The quantitative estimate of drug-likeness (QED) is 0.518. The number of benzene rings is 1. The molecule has 1 aromatic carbocycles. The van der Waals surface area contributed by atoms with Gasteiger partial charge in [0.15, 0.2) is 18.1 Å². The Morgan fingerprint density at radius 3 is 2.45 bits per heavy atom. The third kappa shape index (κ3) is 9.32. The fourth-order valence-corrected chi connectivity index (χ4v) is 4.51. The molecule has 1 aromatic heterocycles. The van der Waals surface area contributed by atoms with Crippen LogP contribution in [0.5, 0.6) is 11.5 Å². The second-order valence-corrected chi connectivity index (χ2v) is 10.2. The van der Waals surface area contributed by atoms with Gasteiger partial charge in [-0.25, -0.2) is 4.68 Å². The minimum absolute atomic E-state index is 0.130. The minimum Gasteiger partial charge on any atom is -0.493 e. The average Bonchev–Trinajstić information content (AvgIpc) is 2.98. The van der Waals surface area contributed by atoms with Gasteiger partial charge in [-0.1, -0.05) is 6.07 Å². The summed E-state index contributed by atoms with van der Waals surface area (Å²) < 4.78 is 12.1. The monoisotopic (exact) mass is 584 g/mol. The number of carbonyl (C=O) groups is 4. The molecule has 2 heterocycles. The first-order chi connectivity index (χ1) is 20.1. The third-order valence-corrected chi connectivity index (χ3v) is 6.92. The summed E-state index contributed by atoms with van der Waals surface area (Å²) >= 11 is 0. The lowest BCUT2D eigenvalue weighted by Gasteiger charge is -2.25. The Bertz CT molecular complexity index is 1330. The van der Waals surface area contributed by atoms with Crippen molar-refractivity contribution in [2.75, 3.05) is 46.9 Å². The molecular weight excluding hydrogens is 544 g/mol. The van der Waals surface area contributed by atoms with Gasteiger partial charge in [-0.3, -0.25) is 24.0 Å². The van der Waals surface area contributed by atoms with Crippen LogP contribution in [0.4, 0.5) is 0 Å². The Labute approximate surface area is 245 Å². The third-order valence-electron chi connectivity index (χ3n) is 6.92. The van der Waals surface area contributed by atoms with Crippen molar-refractivity contribution in [3.8, 4) is 11.5 Å². The minimum atomic E-state index is -0.760. The first kappa shape index (κ1) is 32.1. The molecule has 1 aliphatic heterocycles. The number of amides is 4. The summed E-state index contributed by atoms with van der Waals surface area (Å²) in [4.78, 5) is 66.0. The number of methoxy groups -OCH3 is 1. The topological polar surface area (TPSA) is 152 Å². The standard InChI is InChI=1S/C29H40N6O7/c1-20-28(39)33(2)15-5-6-16-35(29(40)22-10-13-27(38)34(3)32-22)17-7-14-30-25(36)12-9-21-8-11-23(41-4)24(18-21)42-19-26(37)31-20/h8,10-11,13,18,20H,5-7,9,12,14-17,19H2,1-4H3,(H,30,36)(H,31,37)/t20-/m0/s1. The summed E-state index contributed by atoms with van der Waals surface area (Å²) in [5.41, 5.74) is 0.667. The van der Waals surface area contributed by atoms with Crippen LogP contribution in [0.2, 0.25) is 0 Å². The highest BCUT2D eigenvalue weighted by molar-refractivity contribution is 5.92. The number of nitrogens with one attached hydrogen (secondary N) is 2. The Hall–Kier alpha value is -4.42. The molecule has 3 rings (SSSR count). The molecule has 42 heavy (non-hydrogen) atoms. The van der Waals surface area contributed by atoms with E-state index in [9.17, 15) is 24.0 Å². The Morgan fingerprint density at radius 2 is 1.71 bits per heavy atom. The van der Waals surface area contributed by atoms with Gasteiger partial charge in [0.2, 0.25) is 11.8 Å². The van der Waals surface area contributed by atoms with Crippen molar-refractivity contribution in [3.63, 3.8) is 0 Å². The van der Waals surface area contributed by atoms with Crippen LogP contribution in [0.25, 0.3) is 0 Å². The van der Waals surface area contributed by atoms with Crippen LogP contribution in [0.1, 0.15) is 48.7 Å². The normalized spacial score (nSPS) is 18.6. The number of hydrogen-bond donors (Lipinski definition) is 2. The summed E-state index contributed by atoms with van der Waals surface area (Å²) in [6.45, 7) is 2.89. The Morgan fingerprint density at radius 1 is 0.976 bits per heavy atom. The van der Waals surface area contributed by atoms with Crippen molar-refractivity contribution in [2.45, 2.75) is 45.1 Å². The average molecular weight is 585 g/mol. The maximum atomic E-state index is 13.2. The van der Waals surface area contributed by atoms with Crippen molar-refractivity contribution in [3.05, 3.63) is 51.9 Å². The molecule has 2 bridgehead atoms. The predicted octanol–water partition coefficient (Wildman–Crippen LogP) is 0.506. The zero-order valence-corrected chi connectivity index (χ0v) is 24.7. The molecule has 0 radical (unpaired) electrons. The van der Waals surface area contributed by atoms with E-state index in [1.165, 1.54) is 26.3 Å². The number of aromatic nitrogens is 2. The van der Waals surface area contributed by atoms with Crippen molar-refractivity contribution >= 4 is 23.6 Å². The summed E-state index contributed by atoms with van der Waals surface area (Å²) in [5.74, 6) is -0.343. The Balaban J connectivity index is 1.74. The van der Waals surface area contributed by atoms with Crippen LogP contribution in [-0.2, 0) is 27.9 Å². The Kier molecular flexibility index (Phi) is 11.9. The van der Waals surface area contributed by atoms with E-state index in [4.69, 9.17) is 9.47 Å². The SMILES string of the molecule is COc1ccc2cc1OCC(=O)N[C@@H](C)C(=O)N(C)CCCCN(C(=O)c1ccc(=O)n(C)n1)CCCNC(=O)CC2. The van der Waals surface area contributed by atoms with Crippen LogP contribution >= 0.6 is 0 Å². The number of hydrogen-bond acceptors (Lipinski definition) is 8. The molecule has 1 aliphatic rings. The van der Waals surface area contributed by atoms with Crippen LogP contribution in [0.15, 0.2) is 35.1 Å². The maximum absolute atomic E-state index is 13.2. The number of likely N-dealkylation sites (N-methyl/N-ethyl adjacent to an activating group) is 1. The van der Waals surface area contributed by atoms with Crippen LogP contribution in [0.3, 0.4) is 0 Å². The van der Waals surface area contributed by atoms with Crippen LogP contribution in [-0.4, -0.2) is 96.2 Å². The van der Waals surface area contributed by atoms with Crippen molar-refractivity contribution < 1.29 is 28.7 Å². The molecule has 0 fully saturated rings. The molecule has 228 valence electrons. The highest BCUT2D eigenvalue weighted by Crippen LogP contribution is 2.28. The van der Waals surface area contributed by atoms with E-state index in [1.807, 2.05) is 6.07 Å². The number of rotatable bonds is 2. The second-order valence-electron chi connectivity index (χ2n) is 10.2. The maximum Gasteiger partial charge on any atom is 0.274 e. The molecule has 13 heteroatoms. The van der Waals surface area contributed by atoms with E-state index in [2.05, 4.69) is 15.7 Å². The lowest BCUT2D eigenvalue weighted by Crippen LogP contribution is -2.47. The number of fused-ring (bicyclic) bond motifs is 2. The van der Waals surface area contributed by atoms with Gasteiger partial charge in [0.05, 0.1) is 7.11 Å². The van der Waals surface area contributed by atoms with Crippen LogP contribution in [0, 0.1) is 0 Å². The first-order valence-electron chi connectivity index (χ1n) is 14.0. The molecule has 0 spiro atoms. The predicted molar refractivity (Wildman–Crippen MR) is 154 cm³/mol. The van der Waals surface area contributed by atoms with Gasteiger partial charge < -0.3 is 29.9 Å². The van der Waals surface area contributed by atoms with Gasteiger partial charge in [0, 0.05) is 52.8 Å². The molecule has 0 aliphatic carbocycles. The van der Waals surface area contributed by atoms with E-state index in [-0.39, 0.29) is 42.0 Å². The molecule has 0 saturated heterocycles. The largest absolute Gasteiger partial charge is 0.493 e. The number of ether oxygens (including phenoxy) is 2. The van der Waals surface area contributed by atoms with Gasteiger partial charge >= 0.3 is 0 Å². The van der Waals surface area contributed by atoms with Crippen molar-refractivity contribution in [1.82, 2.24) is 30.2 Å². The summed E-state index contributed by atoms with van der Waals surface area (Å²) in [5, 5.41) is 9.65. The lowest BCUT2D eigenvalue weighted by atomic mass is 10.1. The van der Waals surface area contributed by atoms with Gasteiger partial charge in [-0.2, -0.15) is 5.10 Å². The summed E-state index contributed by atoms with van der Waals surface area (Å²) in [6.07, 6.45) is 2.43. The van der Waals surface area contributed by atoms with Gasteiger partial charge in [-0.15, -0.1) is 0 Å². The van der Waals surface area contributed by atoms with E-state index in [1.54, 1.807) is 35.9 Å². The smallest absolute Gasteiger partial charge is 0.274 e. The molecule has 2 N–H and O–H groups in total. The zero-order chi connectivity index (χ0) is 30.6. The highest BCUT2D eigenvalue weighted by atomic mass is 16.5. The van der Waals surface area contributed by atoms with Crippen LogP contribution < -0.4 is 25.7 Å². The summed E-state index contributed by atoms with van der Waals surface area (Å²) in [7, 11) is 4.64. The molecule has 1 atom stereocenters. The van der Waals surface area contributed by atoms with Gasteiger partial charge in [0.1, 0.15) is 11.7 Å². The van der Waals surface area contributed by atoms with E-state index in [0.29, 0.717) is 63.4 Å². The number of carbonyl (C=O) groups excluding carboxylic acids is 4. The molecule has 2 aromatic rings. The highest BCUT2D eigenvalue weighted by Gasteiger charge is 2.21. The van der Waals surface area contributed by atoms with Gasteiger partial charge in [-0.05, 0) is 56.4 Å². The van der Waals surface area contributed by atoms with E-state index < -0.39 is 11.9 Å². The van der Waals surface area contributed by atoms with E-state index in [0.717, 1.165) is 10.2 Å². The zero-order valence-electron chi connectivity index (χ0n) is 24.7. The molecular formula is C29H40N6O7. The number of aryl methyl sites for hydroxylation is 2. The lowest BCUT2D eigenvalue weighted by molar-refractivity contribution is -0.135. The molecule has 13 nitrogen and oxygen atoms in total. The van der Waals surface area contributed by atoms with Crippen molar-refractivity contribution in [2.24, 2.45) is 7.05 Å². The number of nitrogens with zero attached hydrogens (tertiary/aromatic N) is 4. The summed E-state index contributed by atoms with van der Waals surface area (Å²) in [6, 6.07) is 7.22. The van der Waals surface area contributed by atoms with Gasteiger partial charge in [0.25, 0.3) is 17.4 Å². The molecule has 4 amide bonds. The van der Waals surface area contributed by atoms with Crippen molar-refractivity contribution in [1.29, 1.82) is 0 Å².